The minimum Gasteiger partial charge on any atom is -0.383 e. The van der Waals surface area contributed by atoms with Crippen LogP contribution in [0.15, 0.2) is 53.7 Å². The normalized spacial score (nSPS) is 10.9. The van der Waals surface area contributed by atoms with Crippen LogP contribution in [0.5, 0.6) is 0 Å². The first kappa shape index (κ1) is 11.8. The number of aliphatic imine (C=N–C) groups is 1. The van der Waals surface area contributed by atoms with E-state index in [1.165, 1.54) is 0 Å². The van der Waals surface area contributed by atoms with Crippen molar-refractivity contribution in [3.05, 3.63) is 65.5 Å². The molecule has 1 aromatic carbocycles. The minimum atomic E-state index is 0.298. The van der Waals surface area contributed by atoms with Crippen LogP contribution in [0.4, 0.5) is 0 Å². The second-order valence-electron chi connectivity index (χ2n) is 3.70. The highest BCUT2D eigenvalue weighted by molar-refractivity contribution is 5.99. The Kier molecular flexibility index (Phi) is 3.67. The van der Waals surface area contributed by atoms with Gasteiger partial charge >= 0.3 is 0 Å². The van der Waals surface area contributed by atoms with Crippen molar-refractivity contribution in [1.29, 1.82) is 5.26 Å². The van der Waals surface area contributed by atoms with Crippen molar-refractivity contribution < 1.29 is 0 Å². The Labute approximate surface area is 105 Å². The van der Waals surface area contributed by atoms with E-state index in [2.05, 4.69) is 9.98 Å². The highest BCUT2D eigenvalue weighted by atomic mass is 14.9. The van der Waals surface area contributed by atoms with Gasteiger partial charge in [0, 0.05) is 6.20 Å². The molecule has 1 aromatic heterocycles. The van der Waals surface area contributed by atoms with Gasteiger partial charge in [0.05, 0.1) is 12.1 Å². The lowest BCUT2D eigenvalue weighted by atomic mass is 10.2. The van der Waals surface area contributed by atoms with Gasteiger partial charge in [0.1, 0.15) is 11.9 Å². The first-order chi connectivity index (χ1) is 8.81. The molecule has 4 nitrogen and oxygen atoms in total. The second kappa shape index (κ2) is 5.60. The van der Waals surface area contributed by atoms with Crippen LogP contribution in [0, 0.1) is 11.3 Å². The van der Waals surface area contributed by atoms with Crippen LogP contribution in [-0.4, -0.2) is 10.8 Å². The molecule has 0 unspecified atom stereocenters. The monoisotopic (exact) mass is 236 g/mol. The number of rotatable bonds is 3. The van der Waals surface area contributed by atoms with Crippen LogP contribution < -0.4 is 5.73 Å². The Morgan fingerprint density at radius 3 is 2.72 bits per heavy atom. The number of nitriles is 1. The predicted octanol–water partition coefficient (Wildman–Crippen LogP) is 1.86. The van der Waals surface area contributed by atoms with E-state index in [1.807, 2.05) is 36.4 Å². The molecule has 0 atom stereocenters. The number of hydrogen-bond donors (Lipinski definition) is 1. The molecule has 0 radical (unpaired) electrons. The molecular formula is C14H12N4. The minimum absolute atomic E-state index is 0.298. The highest BCUT2D eigenvalue weighted by Crippen LogP contribution is 2.05. The van der Waals surface area contributed by atoms with E-state index >= 15 is 0 Å². The fourth-order valence-corrected chi connectivity index (χ4v) is 1.55. The number of hydrogen-bond acceptors (Lipinski definition) is 3. The van der Waals surface area contributed by atoms with Gasteiger partial charge in [-0.3, -0.25) is 4.99 Å². The first-order valence-electron chi connectivity index (χ1n) is 5.50. The van der Waals surface area contributed by atoms with E-state index in [1.54, 1.807) is 18.3 Å². The van der Waals surface area contributed by atoms with Crippen LogP contribution in [0.1, 0.15) is 16.8 Å². The zero-order valence-electron chi connectivity index (χ0n) is 9.74. The molecule has 0 aliphatic carbocycles. The quantitative estimate of drug-likeness (QED) is 0.652. The third-order valence-electron chi connectivity index (χ3n) is 2.46. The number of benzene rings is 1. The van der Waals surface area contributed by atoms with Gasteiger partial charge in [-0.2, -0.15) is 5.26 Å². The van der Waals surface area contributed by atoms with E-state index in [0.717, 1.165) is 5.56 Å². The predicted molar refractivity (Wildman–Crippen MR) is 69.8 cm³/mol. The van der Waals surface area contributed by atoms with Gasteiger partial charge in [0.25, 0.3) is 0 Å². The molecule has 4 heteroatoms. The van der Waals surface area contributed by atoms with Crippen LogP contribution in [0.3, 0.4) is 0 Å². The lowest BCUT2D eigenvalue weighted by molar-refractivity contribution is 1.06. The lowest BCUT2D eigenvalue weighted by Crippen LogP contribution is -2.16. The molecule has 0 fully saturated rings. The molecule has 2 rings (SSSR count). The molecule has 1 heterocycles. The maximum Gasteiger partial charge on any atom is 0.151 e. The van der Waals surface area contributed by atoms with E-state index in [0.29, 0.717) is 23.6 Å². The molecule has 0 bridgehead atoms. The van der Waals surface area contributed by atoms with Crippen molar-refractivity contribution in [3.63, 3.8) is 0 Å². The fourth-order valence-electron chi connectivity index (χ4n) is 1.55. The number of nitrogens with zero attached hydrogens (tertiary/aromatic N) is 3. The summed E-state index contributed by atoms with van der Waals surface area (Å²) < 4.78 is 0. The summed E-state index contributed by atoms with van der Waals surface area (Å²) in [6.07, 6.45) is 1.56. The van der Waals surface area contributed by atoms with E-state index in [-0.39, 0.29) is 0 Å². The summed E-state index contributed by atoms with van der Waals surface area (Å²) in [5.41, 5.74) is 7.83. The van der Waals surface area contributed by atoms with Crippen molar-refractivity contribution in [2.24, 2.45) is 10.7 Å². The van der Waals surface area contributed by atoms with E-state index < -0.39 is 0 Å². The molecule has 0 amide bonds. The van der Waals surface area contributed by atoms with Gasteiger partial charge in [-0.05, 0) is 17.7 Å². The standard InChI is InChI=1S/C14H12N4/c15-9-13-12(7-4-8-17-13)14(16)18-10-11-5-2-1-3-6-11/h1-8H,10H2,(H2,16,18). The molecule has 88 valence electrons. The van der Waals surface area contributed by atoms with Crippen LogP contribution in [0.2, 0.25) is 0 Å². The topological polar surface area (TPSA) is 75.1 Å². The molecule has 2 aromatic rings. The third-order valence-corrected chi connectivity index (χ3v) is 2.46. The average molecular weight is 236 g/mol. The average Bonchev–Trinajstić information content (AvgIpc) is 2.45. The highest BCUT2D eigenvalue weighted by Gasteiger charge is 2.05. The SMILES string of the molecule is N#Cc1ncccc1C(N)=NCc1ccccc1. The summed E-state index contributed by atoms with van der Waals surface area (Å²) in [5, 5.41) is 8.93. The number of amidine groups is 1. The molecule has 0 aliphatic heterocycles. The number of nitrogens with two attached hydrogens (primary N) is 1. The summed E-state index contributed by atoms with van der Waals surface area (Å²) in [4.78, 5) is 8.23. The Hall–Kier alpha value is -2.67. The Balaban J connectivity index is 2.21. The van der Waals surface area contributed by atoms with Crippen molar-refractivity contribution in [3.8, 4) is 6.07 Å². The summed E-state index contributed by atoms with van der Waals surface area (Å²) in [7, 11) is 0. The Morgan fingerprint density at radius 2 is 2.00 bits per heavy atom. The van der Waals surface area contributed by atoms with Crippen molar-refractivity contribution >= 4 is 5.84 Å². The summed E-state index contributed by atoms with van der Waals surface area (Å²) in [5.74, 6) is 0.337. The van der Waals surface area contributed by atoms with Crippen molar-refractivity contribution in [2.45, 2.75) is 6.54 Å². The number of aromatic nitrogens is 1. The zero-order chi connectivity index (χ0) is 12.8. The molecule has 0 spiro atoms. The third kappa shape index (κ3) is 2.71. The molecule has 0 saturated heterocycles. The van der Waals surface area contributed by atoms with Gasteiger partial charge < -0.3 is 5.73 Å². The molecule has 18 heavy (non-hydrogen) atoms. The van der Waals surface area contributed by atoms with Crippen molar-refractivity contribution in [2.75, 3.05) is 0 Å². The number of pyridine rings is 1. The fraction of sp³-hybridized carbons (Fsp3) is 0.0714. The maximum absolute atomic E-state index is 8.93. The Morgan fingerprint density at radius 1 is 1.22 bits per heavy atom. The molecule has 0 saturated carbocycles. The van der Waals surface area contributed by atoms with Crippen molar-refractivity contribution in [1.82, 2.24) is 4.98 Å². The van der Waals surface area contributed by atoms with Crippen LogP contribution >= 0.6 is 0 Å². The summed E-state index contributed by atoms with van der Waals surface area (Å²) in [6, 6.07) is 15.3. The van der Waals surface area contributed by atoms with Crippen LogP contribution in [-0.2, 0) is 6.54 Å². The van der Waals surface area contributed by atoms with Gasteiger partial charge in [-0.15, -0.1) is 0 Å². The van der Waals surface area contributed by atoms with Gasteiger partial charge in [-0.1, -0.05) is 30.3 Å². The lowest BCUT2D eigenvalue weighted by Gasteiger charge is -2.02. The maximum atomic E-state index is 8.93. The van der Waals surface area contributed by atoms with Crippen LogP contribution in [0.25, 0.3) is 0 Å². The summed E-state index contributed by atoms with van der Waals surface area (Å²) >= 11 is 0. The summed E-state index contributed by atoms with van der Waals surface area (Å²) in [6.45, 7) is 0.492. The van der Waals surface area contributed by atoms with E-state index in [4.69, 9.17) is 11.0 Å². The molecule has 2 N–H and O–H groups in total. The largest absolute Gasteiger partial charge is 0.383 e. The second-order valence-corrected chi connectivity index (χ2v) is 3.70. The smallest absolute Gasteiger partial charge is 0.151 e. The molecular weight excluding hydrogens is 224 g/mol. The van der Waals surface area contributed by atoms with Gasteiger partial charge in [0.15, 0.2) is 5.69 Å². The van der Waals surface area contributed by atoms with Gasteiger partial charge in [0.2, 0.25) is 0 Å². The first-order valence-corrected chi connectivity index (χ1v) is 5.50. The Bertz CT molecular complexity index is 597. The molecule has 0 aliphatic rings. The van der Waals surface area contributed by atoms with Gasteiger partial charge in [-0.25, -0.2) is 4.98 Å². The zero-order valence-corrected chi connectivity index (χ0v) is 9.74. The van der Waals surface area contributed by atoms with E-state index in [9.17, 15) is 0 Å².